The summed E-state index contributed by atoms with van der Waals surface area (Å²) in [5.41, 5.74) is 5.44. The van der Waals surface area contributed by atoms with E-state index in [1.165, 1.54) is 6.92 Å². The van der Waals surface area contributed by atoms with Crippen LogP contribution in [0.1, 0.15) is 40.0 Å². The van der Waals surface area contributed by atoms with Gasteiger partial charge in [-0.2, -0.15) is 0 Å². The largest absolute Gasteiger partial charge is 0.481 e. The maximum Gasteiger partial charge on any atom is 0.326 e. The predicted octanol–water partition coefficient (Wildman–Crippen LogP) is -0.701. The van der Waals surface area contributed by atoms with Crippen molar-refractivity contribution in [3.63, 3.8) is 0 Å². The van der Waals surface area contributed by atoms with Crippen molar-refractivity contribution < 1.29 is 29.4 Å². The van der Waals surface area contributed by atoms with Gasteiger partial charge in [-0.15, -0.1) is 0 Å². The van der Waals surface area contributed by atoms with Crippen molar-refractivity contribution in [1.29, 1.82) is 0 Å². The molecule has 9 heteroatoms. The van der Waals surface area contributed by atoms with Crippen LogP contribution < -0.4 is 16.4 Å². The first kappa shape index (κ1) is 20.8. The molecule has 9 nitrogen and oxygen atoms in total. The Morgan fingerprint density at radius 3 is 1.87 bits per heavy atom. The van der Waals surface area contributed by atoms with Gasteiger partial charge in [-0.1, -0.05) is 13.8 Å². The third kappa shape index (κ3) is 8.77. The zero-order chi connectivity index (χ0) is 18.2. The minimum absolute atomic E-state index is 0.0708. The van der Waals surface area contributed by atoms with Gasteiger partial charge in [-0.25, -0.2) is 4.79 Å². The van der Waals surface area contributed by atoms with Crippen LogP contribution >= 0.6 is 0 Å². The Hall–Kier alpha value is -2.16. The van der Waals surface area contributed by atoms with E-state index in [1.807, 2.05) is 13.8 Å². The SMILES string of the molecule is CC(C)CC(NC(=O)C(C)N)C(=O)NC(CCC(=O)O)C(=O)O. The monoisotopic (exact) mass is 331 g/mol. The Bertz CT molecular complexity index is 450. The number of hydrogen-bond donors (Lipinski definition) is 5. The molecule has 0 aliphatic rings. The molecule has 2 amide bonds. The quantitative estimate of drug-likeness (QED) is 0.354. The van der Waals surface area contributed by atoms with E-state index in [-0.39, 0.29) is 12.3 Å². The molecule has 3 unspecified atom stereocenters. The van der Waals surface area contributed by atoms with Crippen LogP contribution in [0.3, 0.4) is 0 Å². The number of amides is 2. The summed E-state index contributed by atoms with van der Waals surface area (Å²) in [6.07, 6.45) is -0.333. The van der Waals surface area contributed by atoms with E-state index in [1.54, 1.807) is 0 Å². The Labute approximate surface area is 134 Å². The number of hydrogen-bond acceptors (Lipinski definition) is 5. The van der Waals surface area contributed by atoms with Gasteiger partial charge in [-0.05, 0) is 25.7 Å². The summed E-state index contributed by atoms with van der Waals surface area (Å²) >= 11 is 0. The predicted molar refractivity (Wildman–Crippen MR) is 81.5 cm³/mol. The molecule has 6 N–H and O–H groups in total. The highest BCUT2D eigenvalue weighted by Crippen LogP contribution is 2.07. The van der Waals surface area contributed by atoms with Gasteiger partial charge in [0.1, 0.15) is 12.1 Å². The molecule has 132 valence electrons. The second kappa shape index (κ2) is 9.78. The molecule has 23 heavy (non-hydrogen) atoms. The third-order valence-electron chi connectivity index (χ3n) is 3.02. The van der Waals surface area contributed by atoms with Crippen molar-refractivity contribution in [2.75, 3.05) is 0 Å². The van der Waals surface area contributed by atoms with Crippen LogP contribution in [0.4, 0.5) is 0 Å². The molecule has 0 fully saturated rings. The van der Waals surface area contributed by atoms with Crippen molar-refractivity contribution >= 4 is 23.8 Å². The molecule has 0 saturated heterocycles. The molecule has 0 rings (SSSR count). The number of aliphatic carboxylic acids is 2. The number of carboxylic acid groups (broad SMARTS) is 2. The highest BCUT2D eigenvalue weighted by Gasteiger charge is 2.28. The lowest BCUT2D eigenvalue weighted by Crippen LogP contribution is -2.54. The highest BCUT2D eigenvalue weighted by atomic mass is 16.4. The molecule has 0 aliphatic carbocycles. The fourth-order valence-electron chi connectivity index (χ4n) is 1.80. The van der Waals surface area contributed by atoms with Crippen LogP contribution in [-0.4, -0.2) is 52.1 Å². The molecule has 3 atom stereocenters. The van der Waals surface area contributed by atoms with Crippen LogP contribution in [0.25, 0.3) is 0 Å². The standard InChI is InChI=1S/C14H25N3O6/c1-7(2)6-10(17-12(20)8(3)15)13(21)16-9(14(22)23)4-5-11(18)19/h7-10H,4-6,15H2,1-3H3,(H,16,21)(H,17,20)(H,18,19)(H,22,23). The molecule has 0 aliphatic heterocycles. The van der Waals surface area contributed by atoms with Gasteiger partial charge < -0.3 is 26.6 Å². The van der Waals surface area contributed by atoms with Crippen LogP contribution in [0, 0.1) is 5.92 Å². The van der Waals surface area contributed by atoms with E-state index in [4.69, 9.17) is 15.9 Å². The molecule has 0 saturated carbocycles. The van der Waals surface area contributed by atoms with Gasteiger partial charge in [0.05, 0.1) is 6.04 Å². The van der Waals surface area contributed by atoms with Crippen LogP contribution in [0.15, 0.2) is 0 Å². The van der Waals surface area contributed by atoms with E-state index >= 15 is 0 Å². The minimum atomic E-state index is -1.33. The first-order valence-electron chi connectivity index (χ1n) is 7.35. The summed E-state index contributed by atoms with van der Waals surface area (Å²) in [6.45, 7) is 5.15. The van der Waals surface area contributed by atoms with Crippen molar-refractivity contribution in [3.05, 3.63) is 0 Å². The van der Waals surface area contributed by atoms with Gasteiger partial charge in [0.2, 0.25) is 11.8 Å². The molecule has 0 heterocycles. The summed E-state index contributed by atoms with van der Waals surface area (Å²) in [5, 5.41) is 22.4. The third-order valence-corrected chi connectivity index (χ3v) is 3.02. The molecule has 0 aromatic heterocycles. The first-order valence-corrected chi connectivity index (χ1v) is 7.35. The lowest BCUT2D eigenvalue weighted by molar-refractivity contribution is -0.143. The second-order valence-corrected chi connectivity index (χ2v) is 5.81. The van der Waals surface area contributed by atoms with Crippen LogP contribution in [0.2, 0.25) is 0 Å². The highest BCUT2D eigenvalue weighted by molar-refractivity contribution is 5.91. The molecule has 0 spiro atoms. The zero-order valence-electron chi connectivity index (χ0n) is 13.5. The van der Waals surface area contributed by atoms with Gasteiger partial charge in [-0.3, -0.25) is 14.4 Å². The van der Waals surface area contributed by atoms with E-state index in [0.717, 1.165) is 0 Å². The minimum Gasteiger partial charge on any atom is -0.481 e. The summed E-state index contributed by atoms with van der Waals surface area (Å²) in [6, 6.07) is -3.07. The van der Waals surface area contributed by atoms with Crippen molar-refractivity contribution in [2.24, 2.45) is 11.7 Å². The van der Waals surface area contributed by atoms with Crippen molar-refractivity contribution in [3.8, 4) is 0 Å². The molecular formula is C14H25N3O6. The second-order valence-electron chi connectivity index (χ2n) is 5.81. The Balaban J connectivity index is 4.92. The molecular weight excluding hydrogens is 306 g/mol. The normalized spacial score (nSPS) is 14.7. The molecule has 0 radical (unpaired) electrons. The summed E-state index contributed by atoms with van der Waals surface area (Å²) in [7, 11) is 0. The average molecular weight is 331 g/mol. The fourth-order valence-corrected chi connectivity index (χ4v) is 1.80. The number of carboxylic acids is 2. The Morgan fingerprint density at radius 2 is 1.48 bits per heavy atom. The smallest absolute Gasteiger partial charge is 0.326 e. The number of nitrogens with two attached hydrogens (primary N) is 1. The summed E-state index contributed by atoms with van der Waals surface area (Å²) in [4.78, 5) is 45.5. The fraction of sp³-hybridized carbons (Fsp3) is 0.714. The number of nitrogens with one attached hydrogen (secondary N) is 2. The van der Waals surface area contributed by atoms with Gasteiger partial charge in [0.25, 0.3) is 0 Å². The Morgan fingerprint density at radius 1 is 0.957 bits per heavy atom. The van der Waals surface area contributed by atoms with E-state index < -0.39 is 48.3 Å². The van der Waals surface area contributed by atoms with Crippen molar-refractivity contribution in [1.82, 2.24) is 10.6 Å². The maximum absolute atomic E-state index is 12.2. The first-order chi connectivity index (χ1) is 10.5. The van der Waals surface area contributed by atoms with E-state index in [9.17, 15) is 19.2 Å². The molecule has 0 aromatic carbocycles. The van der Waals surface area contributed by atoms with Gasteiger partial charge in [0.15, 0.2) is 0 Å². The lowest BCUT2D eigenvalue weighted by atomic mass is 10.0. The van der Waals surface area contributed by atoms with Crippen LogP contribution in [0.5, 0.6) is 0 Å². The van der Waals surface area contributed by atoms with E-state index in [0.29, 0.717) is 6.42 Å². The summed E-state index contributed by atoms with van der Waals surface area (Å²) < 4.78 is 0. The van der Waals surface area contributed by atoms with Crippen molar-refractivity contribution in [2.45, 2.75) is 58.2 Å². The van der Waals surface area contributed by atoms with Gasteiger partial charge in [0, 0.05) is 6.42 Å². The average Bonchev–Trinajstić information content (AvgIpc) is 2.40. The summed E-state index contributed by atoms with van der Waals surface area (Å²) in [5.74, 6) is -3.62. The van der Waals surface area contributed by atoms with Gasteiger partial charge >= 0.3 is 11.9 Å². The number of carbonyl (C=O) groups is 4. The van der Waals surface area contributed by atoms with Crippen LogP contribution in [-0.2, 0) is 19.2 Å². The lowest BCUT2D eigenvalue weighted by Gasteiger charge is -2.23. The van der Waals surface area contributed by atoms with E-state index in [2.05, 4.69) is 10.6 Å². The number of carbonyl (C=O) groups excluding carboxylic acids is 2. The molecule has 0 aromatic rings. The number of rotatable bonds is 10. The Kier molecular flexibility index (Phi) is 8.86. The maximum atomic E-state index is 12.2. The zero-order valence-corrected chi connectivity index (χ0v) is 13.5. The topological polar surface area (TPSA) is 159 Å². The molecule has 0 bridgehead atoms.